The Bertz CT molecular complexity index is 581. The van der Waals surface area contributed by atoms with E-state index in [1.807, 2.05) is 0 Å². The van der Waals surface area contributed by atoms with E-state index in [1.165, 1.54) is 37.8 Å². The van der Waals surface area contributed by atoms with Crippen LogP contribution in [0.2, 0.25) is 0 Å². The molecule has 0 saturated heterocycles. The van der Waals surface area contributed by atoms with E-state index in [9.17, 15) is 0 Å². The quantitative estimate of drug-likeness (QED) is 0.653. The molecule has 6 heteroatoms. The number of nitrogens with zero attached hydrogens (tertiary/aromatic N) is 1. The minimum atomic E-state index is -4.94. The molecule has 1 aromatic carbocycles. The summed E-state index contributed by atoms with van der Waals surface area (Å²) in [6.07, 6.45) is 6.88. The van der Waals surface area contributed by atoms with Gasteiger partial charge in [0.25, 0.3) is 0 Å². The van der Waals surface area contributed by atoms with Gasteiger partial charge in [0.05, 0.1) is 5.41 Å². The van der Waals surface area contributed by atoms with Crippen LogP contribution in [0.25, 0.3) is 0 Å². The summed E-state index contributed by atoms with van der Waals surface area (Å²) in [5.41, 5.74) is 5.01. The van der Waals surface area contributed by atoms with Gasteiger partial charge in [0.2, 0.25) is 5.69 Å². The summed E-state index contributed by atoms with van der Waals surface area (Å²) >= 11 is 0. The largest absolute Gasteiger partial charge is 0.222 e. The van der Waals surface area contributed by atoms with Crippen LogP contribution in [0.3, 0.4) is 0 Å². The molecule has 23 heavy (non-hydrogen) atoms. The third kappa shape index (κ3) is 3.92. The van der Waals surface area contributed by atoms with Gasteiger partial charge in [-0.3, -0.25) is 0 Å². The molecule has 1 heterocycles. The lowest BCUT2D eigenvalue weighted by Crippen LogP contribution is -2.68. The van der Waals surface area contributed by atoms with E-state index in [4.69, 9.17) is 18.6 Å². The summed E-state index contributed by atoms with van der Waals surface area (Å²) in [6.45, 7) is 6.98. The maximum absolute atomic E-state index is 8.49. The highest BCUT2D eigenvalue weighted by atomic mass is 35.7. The van der Waals surface area contributed by atoms with Gasteiger partial charge in [-0.25, -0.2) is 18.6 Å². The first kappa shape index (κ1) is 18.4. The van der Waals surface area contributed by atoms with E-state index < -0.39 is 10.2 Å². The van der Waals surface area contributed by atoms with E-state index >= 15 is 0 Å². The first-order valence-corrected chi connectivity index (χ1v) is 9.25. The zero-order valence-corrected chi connectivity index (χ0v) is 14.6. The summed E-state index contributed by atoms with van der Waals surface area (Å²) in [5, 5.41) is 0. The fourth-order valence-corrected chi connectivity index (χ4v) is 4.15. The lowest BCUT2D eigenvalue weighted by atomic mass is 9.68. The summed E-state index contributed by atoms with van der Waals surface area (Å²) in [6, 6.07) is 9.64. The molecule has 1 fully saturated rings. The molecule has 0 unspecified atom stereocenters. The fraction of sp³-hybridized carbons (Fsp3) is 0.588. The summed E-state index contributed by atoms with van der Waals surface area (Å²) < 4.78 is 36.5. The normalized spacial score (nSPS) is 19.7. The van der Waals surface area contributed by atoms with Crippen molar-refractivity contribution < 1.29 is 33.5 Å². The molecular formula is C17H24ClNO4. The van der Waals surface area contributed by atoms with Crippen molar-refractivity contribution in [3.63, 3.8) is 0 Å². The predicted octanol–water partition coefficient (Wildman–Crippen LogP) is -0.341. The average Bonchev–Trinajstić information content (AvgIpc) is 2.68. The number of hydrogen-bond donors (Lipinski definition) is 0. The summed E-state index contributed by atoms with van der Waals surface area (Å²) in [4.78, 5) is 0. The smallest absolute Gasteiger partial charge is 0.209 e. The Morgan fingerprint density at radius 2 is 1.52 bits per heavy atom. The van der Waals surface area contributed by atoms with Crippen molar-refractivity contribution >= 4 is 11.4 Å². The summed E-state index contributed by atoms with van der Waals surface area (Å²) in [5.74, 6) is 0. The molecule has 0 bridgehead atoms. The van der Waals surface area contributed by atoms with Crippen LogP contribution in [0.4, 0.5) is 5.69 Å². The maximum atomic E-state index is 8.49. The Labute approximate surface area is 139 Å². The lowest BCUT2D eigenvalue weighted by Gasteiger charge is -2.31. The number of benzene rings is 1. The number of hydrogen-bond acceptors (Lipinski definition) is 4. The minimum absolute atomic E-state index is 0.360. The fourth-order valence-electron chi connectivity index (χ4n) is 4.15. The molecule has 1 aliphatic heterocycles. The Hall–Kier alpha value is -0.980. The van der Waals surface area contributed by atoms with Crippen LogP contribution < -0.4 is 18.6 Å². The van der Waals surface area contributed by atoms with Gasteiger partial charge in [-0.2, -0.15) is 4.58 Å². The second-order valence-electron chi connectivity index (χ2n) is 6.59. The third-order valence-electron chi connectivity index (χ3n) is 4.96. The number of para-hydroxylation sites is 1. The molecule has 1 spiro atoms. The number of halogens is 1. The molecular weight excluding hydrogens is 318 g/mol. The van der Waals surface area contributed by atoms with E-state index in [0.29, 0.717) is 11.5 Å². The zero-order valence-electron chi connectivity index (χ0n) is 13.9. The predicted molar refractivity (Wildman–Crippen MR) is 76.9 cm³/mol. The van der Waals surface area contributed by atoms with Crippen LogP contribution in [0.5, 0.6) is 0 Å². The highest BCUT2D eigenvalue weighted by molar-refractivity contribution is 5.94. The summed E-state index contributed by atoms with van der Waals surface area (Å²) in [7, 11) is -4.94. The maximum Gasteiger partial charge on any atom is 0.209 e. The van der Waals surface area contributed by atoms with Crippen molar-refractivity contribution in [3.8, 4) is 0 Å². The van der Waals surface area contributed by atoms with E-state index in [1.54, 1.807) is 11.3 Å². The first-order valence-electron chi connectivity index (χ1n) is 8.01. The SMILES string of the molecule is CC1=[N+](C(C)C)c2ccccc2C12CCCCC2.[O-][Cl+3]([O-])([O-])[O-]. The molecule has 0 N–H and O–H groups in total. The molecule has 3 rings (SSSR count). The van der Waals surface area contributed by atoms with Gasteiger partial charge in [-0.15, -0.1) is 10.2 Å². The van der Waals surface area contributed by atoms with Gasteiger partial charge in [0, 0.05) is 18.6 Å². The lowest BCUT2D eigenvalue weighted by molar-refractivity contribution is -2.00. The molecule has 0 amide bonds. The van der Waals surface area contributed by atoms with Crippen molar-refractivity contribution in [1.29, 1.82) is 0 Å². The Morgan fingerprint density at radius 3 is 2.04 bits per heavy atom. The second-order valence-corrected chi connectivity index (χ2v) is 7.34. The standard InChI is InChI=1S/C17H24N.ClHO4/c1-13(2)18-14(3)17(11-7-4-8-12-17)15-9-5-6-10-16(15)18;2-1(3,4)5/h5-6,9-10,13H,4,7-8,11-12H2,1-3H3;(H,2,3,4,5)/q+1;/p-1. The molecule has 2 aliphatic rings. The molecule has 128 valence electrons. The van der Waals surface area contributed by atoms with Crippen molar-refractivity contribution in [2.75, 3.05) is 0 Å². The Morgan fingerprint density at radius 1 is 1.00 bits per heavy atom. The van der Waals surface area contributed by atoms with Crippen molar-refractivity contribution in [3.05, 3.63) is 29.8 Å². The van der Waals surface area contributed by atoms with Gasteiger partial charge in [-0.1, -0.05) is 37.5 Å². The van der Waals surface area contributed by atoms with Gasteiger partial charge in [0.1, 0.15) is 0 Å². The van der Waals surface area contributed by atoms with Crippen LogP contribution in [0.15, 0.2) is 24.3 Å². The van der Waals surface area contributed by atoms with Crippen LogP contribution in [0, 0.1) is 10.2 Å². The highest BCUT2D eigenvalue weighted by Crippen LogP contribution is 2.48. The topological polar surface area (TPSA) is 95.2 Å². The Balaban J connectivity index is 0.000000338. The second kappa shape index (κ2) is 6.87. The van der Waals surface area contributed by atoms with Gasteiger partial charge < -0.3 is 0 Å². The van der Waals surface area contributed by atoms with Crippen LogP contribution in [-0.2, 0) is 5.41 Å². The van der Waals surface area contributed by atoms with Gasteiger partial charge in [-0.05, 0) is 26.7 Å². The van der Waals surface area contributed by atoms with Crippen LogP contribution in [0.1, 0.15) is 58.4 Å². The molecule has 1 saturated carbocycles. The van der Waals surface area contributed by atoms with Crippen LogP contribution >= 0.6 is 0 Å². The Kier molecular flexibility index (Phi) is 5.48. The highest BCUT2D eigenvalue weighted by Gasteiger charge is 2.50. The molecule has 1 aromatic rings. The zero-order chi connectivity index (χ0) is 17.3. The van der Waals surface area contributed by atoms with Gasteiger partial charge in [0.15, 0.2) is 11.8 Å². The molecule has 0 aromatic heterocycles. The van der Waals surface area contributed by atoms with Crippen molar-refractivity contribution in [2.24, 2.45) is 0 Å². The molecule has 0 atom stereocenters. The van der Waals surface area contributed by atoms with E-state index in [2.05, 4.69) is 49.6 Å². The van der Waals surface area contributed by atoms with Crippen molar-refractivity contribution in [2.45, 2.75) is 64.3 Å². The third-order valence-corrected chi connectivity index (χ3v) is 4.96. The first-order chi connectivity index (χ1) is 10.7. The number of fused-ring (bicyclic) bond motifs is 2. The number of rotatable bonds is 1. The average molecular weight is 342 g/mol. The molecule has 5 nitrogen and oxygen atoms in total. The van der Waals surface area contributed by atoms with Gasteiger partial charge >= 0.3 is 0 Å². The van der Waals surface area contributed by atoms with E-state index in [0.717, 1.165) is 0 Å². The van der Waals surface area contributed by atoms with Crippen molar-refractivity contribution in [1.82, 2.24) is 0 Å². The molecule has 0 radical (unpaired) electrons. The van der Waals surface area contributed by atoms with Crippen LogP contribution in [-0.4, -0.2) is 16.3 Å². The molecule has 1 aliphatic carbocycles. The minimum Gasteiger partial charge on any atom is -0.222 e. The van der Waals surface area contributed by atoms with E-state index in [-0.39, 0.29) is 0 Å². The monoisotopic (exact) mass is 341 g/mol.